The summed E-state index contributed by atoms with van der Waals surface area (Å²) in [6.07, 6.45) is -5.14. The van der Waals surface area contributed by atoms with Crippen LogP contribution in [-0.2, 0) is 24.1 Å². The molecular weight excluding hydrogens is 550 g/mol. The van der Waals surface area contributed by atoms with Crippen LogP contribution in [0, 0.1) is 0 Å². The van der Waals surface area contributed by atoms with Gasteiger partial charge in [-0.3, -0.25) is 4.68 Å². The molecule has 0 saturated carbocycles. The lowest BCUT2D eigenvalue weighted by Crippen LogP contribution is -2.60. The molecule has 42 heavy (non-hydrogen) atoms. The van der Waals surface area contributed by atoms with Gasteiger partial charge < -0.3 is 55.3 Å². The summed E-state index contributed by atoms with van der Waals surface area (Å²) in [6.45, 7) is 0.345. The van der Waals surface area contributed by atoms with Crippen LogP contribution in [0.5, 0.6) is 11.6 Å². The number of aliphatic hydroxyl groups is 7. The van der Waals surface area contributed by atoms with E-state index in [0.717, 1.165) is 23.3 Å². The molecule has 1 fully saturated rings. The first kappa shape index (κ1) is 32.1. The smallest absolute Gasteiger partial charge is 0.243 e. The van der Waals surface area contributed by atoms with Gasteiger partial charge in [-0.25, -0.2) is 0 Å². The summed E-state index contributed by atoms with van der Waals surface area (Å²) < 4.78 is 18.8. The monoisotopic (exact) mass is 591 g/mol. The van der Waals surface area contributed by atoms with Gasteiger partial charge in [0.05, 0.1) is 56.5 Å². The van der Waals surface area contributed by atoms with Crippen LogP contribution >= 0.6 is 0 Å². The topological polar surface area (TPSA) is 199 Å². The van der Waals surface area contributed by atoms with Crippen molar-refractivity contribution in [2.75, 3.05) is 39.6 Å². The number of aromatic nitrogens is 2. The van der Waals surface area contributed by atoms with E-state index in [1.54, 1.807) is 4.68 Å². The number of ether oxygens (including phenoxy) is 3. The number of nitrogens with one attached hydrogen (secondary N) is 1. The summed E-state index contributed by atoms with van der Waals surface area (Å²) >= 11 is 0. The van der Waals surface area contributed by atoms with Gasteiger partial charge in [0, 0.05) is 0 Å². The first-order valence-corrected chi connectivity index (χ1v) is 14.1. The minimum absolute atomic E-state index is 0.120. The van der Waals surface area contributed by atoms with Gasteiger partial charge in [0.25, 0.3) is 0 Å². The number of benzene rings is 2. The molecule has 2 aromatic carbocycles. The van der Waals surface area contributed by atoms with Gasteiger partial charge >= 0.3 is 0 Å². The Morgan fingerprint density at radius 3 is 2.38 bits per heavy atom. The molecule has 13 nitrogen and oxygen atoms in total. The maximum atomic E-state index is 10.5. The molecule has 2 heterocycles. The van der Waals surface area contributed by atoms with Crippen molar-refractivity contribution >= 4 is 10.9 Å². The fourth-order valence-electron chi connectivity index (χ4n) is 4.88. The fourth-order valence-corrected chi connectivity index (χ4v) is 4.88. The lowest BCUT2D eigenvalue weighted by atomic mass is 9.99. The van der Waals surface area contributed by atoms with Crippen LogP contribution in [0.15, 0.2) is 42.5 Å². The first-order valence-electron chi connectivity index (χ1n) is 14.1. The summed E-state index contributed by atoms with van der Waals surface area (Å²) in [7, 11) is 0. The highest BCUT2D eigenvalue weighted by Crippen LogP contribution is 2.32. The largest absolute Gasteiger partial charge is 0.494 e. The second-order valence-electron chi connectivity index (χ2n) is 10.2. The minimum atomic E-state index is -1.58. The van der Waals surface area contributed by atoms with Crippen LogP contribution in [0.1, 0.15) is 17.5 Å². The van der Waals surface area contributed by atoms with Crippen molar-refractivity contribution < 1.29 is 50.0 Å². The third kappa shape index (κ3) is 7.75. The maximum absolute atomic E-state index is 10.5. The Hall–Kier alpha value is -2.85. The van der Waals surface area contributed by atoms with E-state index in [1.165, 1.54) is 0 Å². The van der Waals surface area contributed by atoms with E-state index in [9.17, 15) is 25.5 Å². The molecule has 1 aliphatic rings. The number of fused-ring (bicyclic) bond motifs is 1. The molecule has 5 atom stereocenters. The Kier molecular flexibility index (Phi) is 11.9. The van der Waals surface area contributed by atoms with Crippen molar-refractivity contribution in [3.05, 3.63) is 53.6 Å². The number of rotatable bonds is 16. The third-order valence-electron chi connectivity index (χ3n) is 7.29. The molecule has 0 radical (unpaired) electrons. The molecule has 1 aromatic heterocycles. The minimum Gasteiger partial charge on any atom is -0.494 e. The second kappa shape index (κ2) is 15.6. The Labute approximate surface area is 243 Å². The van der Waals surface area contributed by atoms with E-state index >= 15 is 0 Å². The van der Waals surface area contributed by atoms with E-state index in [4.69, 9.17) is 24.4 Å². The molecule has 1 saturated heterocycles. The highest BCUT2D eigenvalue weighted by molar-refractivity contribution is 5.88. The molecular formula is C29H41N3O10. The molecule has 232 valence electrons. The van der Waals surface area contributed by atoms with Crippen LogP contribution in [0.2, 0.25) is 0 Å². The van der Waals surface area contributed by atoms with Crippen LogP contribution in [0.25, 0.3) is 10.9 Å². The van der Waals surface area contributed by atoms with Crippen LogP contribution in [-0.4, -0.2) is 122 Å². The van der Waals surface area contributed by atoms with E-state index in [1.807, 2.05) is 42.5 Å². The van der Waals surface area contributed by atoms with Gasteiger partial charge in [0.1, 0.15) is 30.2 Å². The predicted molar refractivity (Wildman–Crippen MR) is 151 cm³/mol. The predicted octanol–water partition coefficient (Wildman–Crippen LogP) is -1.30. The van der Waals surface area contributed by atoms with Crippen molar-refractivity contribution in [2.24, 2.45) is 0 Å². The van der Waals surface area contributed by atoms with Crippen LogP contribution < -0.4 is 14.8 Å². The Bertz CT molecular complexity index is 1230. The van der Waals surface area contributed by atoms with Gasteiger partial charge in [0.2, 0.25) is 12.2 Å². The van der Waals surface area contributed by atoms with Crippen molar-refractivity contribution in [3.63, 3.8) is 0 Å². The Morgan fingerprint density at radius 2 is 1.69 bits per heavy atom. The molecule has 8 N–H and O–H groups in total. The Balaban J connectivity index is 1.43. The summed E-state index contributed by atoms with van der Waals surface area (Å²) in [6, 6.07) is 13.1. The molecule has 13 heteroatoms. The first-order chi connectivity index (χ1) is 20.4. The zero-order valence-electron chi connectivity index (χ0n) is 23.3. The zero-order valence-corrected chi connectivity index (χ0v) is 23.3. The van der Waals surface area contributed by atoms with Gasteiger partial charge in [-0.15, -0.1) is 5.10 Å². The number of nitrogens with zero attached hydrogens (tertiary/aromatic N) is 2. The standard InChI is InChI=1S/C29H41N3O10/c33-13-12-32-22-4-1-3-19(24(22)28(31-32)42-29-27(39)26(38)25(37)23(17-36)41-29)8-5-18-6-9-21(10-7-18)40-14-2-11-30-20(15-34)16-35/h1,3-4,6-7,9-10,20,23,25-27,29-30,33-39H,2,5,8,11-17H2/t23-,25-,26+,27-,29?/m1/s1. The van der Waals surface area contributed by atoms with E-state index in [-0.39, 0.29) is 38.3 Å². The number of hydrogen-bond acceptors (Lipinski definition) is 12. The van der Waals surface area contributed by atoms with E-state index in [2.05, 4.69) is 10.4 Å². The SMILES string of the molecule is OCCn1nc(OC2O[C@H](CO)[C@@H](O)[C@H](O)[C@H]2O)c2c(CCc3ccc(OCCCNC(CO)CO)cc3)cccc21. The molecule has 4 rings (SSSR count). The van der Waals surface area contributed by atoms with Crippen LogP contribution in [0.4, 0.5) is 0 Å². The number of aliphatic hydroxyl groups excluding tert-OH is 7. The average Bonchev–Trinajstić information content (AvgIpc) is 3.36. The van der Waals surface area contributed by atoms with Crippen molar-refractivity contribution in [2.45, 2.75) is 62.6 Å². The van der Waals surface area contributed by atoms with Gasteiger partial charge in [-0.1, -0.05) is 24.3 Å². The fraction of sp³-hybridized carbons (Fsp3) is 0.552. The van der Waals surface area contributed by atoms with Crippen molar-refractivity contribution in [3.8, 4) is 11.6 Å². The van der Waals surface area contributed by atoms with Crippen molar-refractivity contribution in [1.82, 2.24) is 15.1 Å². The molecule has 0 bridgehead atoms. The normalized spacial score (nSPS) is 22.6. The quantitative estimate of drug-likeness (QED) is 0.0918. The average molecular weight is 592 g/mol. The molecule has 0 spiro atoms. The maximum Gasteiger partial charge on any atom is 0.243 e. The summed E-state index contributed by atoms with van der Waals surface area (Å²) in [5.74, 6) is 0.878. The Morgan fingerprint density at radius 1 is 0.929 bits per heavy atom. The summed E-state index contributed by atoms with van der Waals surface area (Å²) in [5.41, 5.74) is 2.70. The summed E-state index contributed by atoms with van der Waals surface area (Å²) in [5, 5.41) is 76.2. The molecule has 1 aliphatic heterocycles. The number of hydrogen-bond donors (Lipinski definition) is 8. The third-order valence-corrected chi connectivity index (χ3v) is 7.29. The van der Waals surface area contributed by atoms with Gasteiger partial charge in [0.15, 0.2) is 0 Å². The zero-order chi connectivity index (χ0) is 30.1. The number of aryl methyl sites for hydroxylation is 2. The molecule has 0 aliphatic carbocycles. The molecule has 3 aromatic rings. The highest BCUT2D eigenvalue weighted by Gasteiger charge is 2.45. The lowest BCUT2D eigenvalue weighted by molar-refractivity contribution is -0.278. The van der Waals surface area contributed by atoms with E-state index in [0.29, 0.717) is 36.9 Å². The highest BCUT2D eigenvalue weighted by atomic mass is 16.7. The van der Waals surface area contributed by atoms with E-state index < -0.39 is 37.3 Å². The lowest BCUT2D eigenvalue weighted by Gasteiger charge is -2.39. The van der Waals surface area contributed by atoms with Gasteiger partial charge in [-0.05, 0) is 55.1 Å². The van der Waals surface area contributed by atoms with Crippen LogP contribution in [0.3, 0.4) is 0 Å². The molecule has 1 unspecified atom stereocenters. The molecule has 0 amide bonds. The van der Waals surface area contributed by atoms with Gasteiger partial charge in [-0.2, -0.15) is 0 Å². The summed E-state index contributed by atoms with van der Waals surface area (Å²) in [4.78, 5) is 0. The second-order valence-corrected chi connectivity index (χ2v) is 10.2. The van der Waals surface area contributed by atoms with Crippen molar-refractivity contribution in [1.29, 1.82) is 0 Å².